The second kappa shape index (κ2) is 7.27. The van der Waals surface area contributed by atoms with Gasteiger partial charge in [-0.05, 0) is 38.3 Å². The van der Waals surface area contributed by atoms with E-state index < -0.39 is 6.04 Å². The van der Waals surface area contributed by atoms with E-state index >= 15 is 0 Å². The summed E-state index contributed by atoms with van der Waals surface area (Å²) in [7, 11) is 1.91. The van der Waals surface area contributed by atoms with E-state index in [1.54, 1.807) is 31.2 Å². The minimum absolute atomic E-state index is 0.0652. The predicted molar refractivity (Wildman–Crippen MR) is 95.4 cm³/mol. The van der Waals surface area contributed by atoms with Crippen molar-refractivity contribution in [3.63, 3.8) is 0 Å². The van der Waals surface area contributed by atoms with Crippen molar-refractivity contribution in [3.8, 4) is 0 Å². The molecule has 0 unspecified atom stereocenters. The summed E-state index contributed by atoms with van der Waals surface area (Å²) in [5.74, 6) is -0.582. The van der Waals surface area contributed by atoms with Crippen molar-refractivity contribution in [1.82, 2.24) is 20.4 Å². The Balaban J connectivity index is 1.64. The van der Waals surface area contributed by atoms with Gasteiger partial charge in [-0.3, -0.25) is 14.3 Å². The fourth-order valence-corrected chi connectivity index (χ4v) is 3.36. The number of aryl methyl sites for hydroxylation is 1. The third-order valence-electron chi connectivity index (χ3n) is 4.55. The van der Waals surface area contributed by atoms with Gasteiger partial charge in [0.2, 0.25) is 5.91 Å². The van der Waals surface area contributed by atoms with Gasteiger partial charge >= 0.3 is 0 Å². The highest BCUT2D eigenvalue weighted by Gasteiger charge is 2.27. The summed E-state index contributed by atoms with van der Waals surface area (Å²) >= 11 is 6.03. The third-order valence-corrected chi connectivity index (χ3v) is 4.88. The average Bonchev–Trinajstić information content (AvgIpc) is 2.97. The van der Waals surface area contributed by atoms with Crippen molar-refractivity contribution in [2.75, 3.05) is 0 Å². The number of halogens is 1. The molecule has 0 bridgehead atoms. The largest absolute Gasteiger partial charge is 0.347 e. The molecule has 25 heavy (non-hydrogen) atoms. The lowest BCUT2D eigenvalue weighted by Gasteiger charge is -2.25. The van der Waals surface area contributed by atoms with Gasteiger partial charge in [0.15, 0.2) is 0 Å². The normalized spacial score (nSPS) is 17.5. The number of fused-ring (bicyclic) bond motifs is 1. The van der Waals surface area contributed by atoms with Gasteiger partial charge in [0.05, 0.1) is 22.8 Å². The Kier molecular flexibility index (Phi) is 5.08. The first kappa shape index (κ1) is 17.5. The number of rotatable bonds is 4. The molecule has 1 aliphatic rings. The van der Waals surface area contributed by atoms with E-state index in [4.69, 9.17) is 11.6 Å². The molecule has 2 aromatic rings. The zero-order chi connectivity index (χ0) is 18.0. The highest BCUT2D eigenvalue weighted by atomic mass is 35.5. The summed E-state index contributed by atoms with van der Waals surface area (Å²) in [5, 5.41) is 10.4. The van der Waals surface area contributed by atoms with Crippen LogP contribution in [0.2, 0.25) is 5.02 Å². The predicted octanol–water partition coefficient (Wildman–Crippen LogP) is 2.39. The van der Waals surface area contributed by atoms with Crippen molar-refractivity contribution in [3.05, 3.63) is 52.3 Å². The topological polar surface area (TPSA) is 76.0 Å². The first-order valence-electron chi connectivity index (χ1n) is 8.34. The number of hydrogen-bond donors (Lipinski definition) is 2. The maximum absolute atomic E-state index is 12.5. The van der Waals surface area contributed by atoms with Gasteiger partial charge in [0, 0.05) is 18.3 Å². The lowest BCUT2D eigenvalue weighted by molar-refractivity contribution is -0.123. The molecule has 0 fully saturated rings. The van der Waals surface area contributed by atoms with Crippen molar-refractivity contribution in [2.24, 2.45) is 7.05 Å². The van der Waals surface area contributed by atoms with E-state index in [1.165, 1.54) is 0 Å². The monoisotopic (exact) mass is 360 g/mol. The van der Waals surface area contributed by atoms with Gasteiger partial charge in [-0.1, -0.05) is 23.7 Å². The zero-order valence-electron chi connectivity index (χ0n) is 14.3. The van der Waals surface area contributed by atoms with Gasteiger partial charge < -0.3 is 10.6 Å². The van der Waals surface area contributed by atoms with E-state index in [9.17, 15) is 9.59 Å². The summed E-state index contributed by atoms with van der Waals surface area (Å²) in [6.45, 7) is 1.66. The molecule has 0 saturated heterocycles. The Morgan fingerprint density at radius 2 is 2.12 bits per heavy atom. The molecular weight excluding hydrogens is 340 g/mol. The third kappa shape index (κ3) is 3.69. The molecule has 1 aliphatic carbocycles. The molecule has 3 rings (SSSR count). The van der Waals surface area contributed by atoms with Gasteiger partial charge in [-0.25, -0.2) is 0 Å². The number of aromatic nitrogens is 2. The Hall–Kier alpha value is -2.34. The van der Waals surface area contributed by atoms with Crippen molar-refractivity contribution in [1.29, 1.82) is 0 Å². The minimum atomic E-state index is -0.661. The Morgan fingerprint density at radius 3 is 2.88 bits per heavy atom. The lowest BCUT2D eigenvalue weighted by atomic mass is 9.93. The Bertz CT molecular complexity index is 802. The van der Waals surface area contributed by atoms with E-state index in [2.05, 4.69) is 15.7 Å². The van der Waals surface area contributed by atoms with Crippen LogP contribution in [-0.2, 0) is 18.3 Å². The Morgan fingerprint density at radius 1 is 1.36 bits per heavy atom. The van der Waals surface area contributed by atoms with E-state index in [-0.39, 0.29) is 17.9 Å². The van der Waals surface area contributed by atoms with Crippen molar-refractivity contribution >= 4 is 23.4 Å². The van der Waals surface area contributed by atoms with Crippen LogP contribution < -0.4 is 10.6 Å². The summed E-state index contributed by atoms with van der Waals surface area (Å²) < 4.78 is 1.86. The molecule has 132 valence electrons. The van der Waals surface area contributed by atoms with Crippen LogP contribution in [0.5, 0.6) is 0 Å². The van der Waals surface area contributed by atoms with Crippen LogP contribution >= 0.6 is 11.6 Å². The van der Waals surface area contributed by atoms with Crippen LogP contribution in [0.1, 0.15) is 47.4 Å². The first-order valence-corrected chi connectivity index (χ1v) is 8.71. The van der Waals surface area contributed by atoms with Crippen molar-refractivity contribution < 1.29 is 9.59 Å². The molecule has 2 atom stereocenters. The number of nitrogens with zero attached hydrogens (tertiary/aromatic N) is 2. The maximum atomic E-state index is 12.5. The minimum Gasteiger partial charge on any atom is -0.347 e. The molecule has 0 spiro atoms. The van der Waals surface area contributed by atoms with E-state index in [0.717, 1.165) is 30.5 Å². The fourth-order valence-electron chi connectivity index (χ4n) is 3.14. The molecule has 0 aliphatic heterocycles. The molecule has 2 N–H and O–H groups in total. The maximum Gasteiger partial charge on any atom is 0.253 e. The smallest absolute Gasteiger partial charge is 0.253 e. The lowest BCUT2D eigenvalue weighted by Crippen LogP contribution is -2.46. The molecule has 1 aromatic heterocycles. The molecular formula is C18H21ClN4O2. The van der Waals surface area contributed by atoms with Crippen LogP contribution in [0.25, 0.3) is 0 Å². The zero-order valence-corrected chi connectivity index (χ0v) is 15.0. The van der Waals surface area contributed by atoms with Gasteiger partial charge in [0.1, 0.15) is 6.04 Å². The molecule has 1 heterocycles. The van der Waals surface area contributed by atoms with E-state index in [1.807, 2.05) is 17.9 Å². The summed E-state index contributed by atoms with van der Waals surface area (Å²) in [5.41, 5.74) is 2.58. The quantitative estimate of drug-likeness (QED) is 0.879. The fraction of sp³-hybridized carbons (Fsp3) is 0.389. The Labute approximate surface area is 151 Å². The summed E-state index contributed by atoms with van der Waals surface area (Å²) in [4.78, 5) is 24.8. The average molecular weight is 361 g/mol. The standard InChI is InChI=1S/C18H21ClN4O2/c1-11(21-18(25)12-6-3-4-7-14(12)19)17(24)22-15-8-5-9-16-13(15)10-20-23(16)2/h3-4,6-7,10-11,15H,5,8-9H2,1-2H3,(H,21,25)(H,22,24)/t11-,15-/m0/s1. The number of amides is 2. The van der Waals surface area contributed by atoms with Crippen LogP contribution in [0.3, 0.4) is 0 Å². The van der Waals surface area contributed by atoms with Crippen LogP contribution in [0.15, 0.2) is 30.5 Å². The molecule has 0 radical (unpaired) electrons. The second-order valence-corrected chi connectivity index (χ2v) is 6.71. The number of benzene rings is 1. The highest BCUT2D eigenvalue weighted by molar-refractivity contribution is 6.33. The SMILES string of the molecule is C[C@H](NC(=O)c1ccccc1Cl)C(=O)N[C@H]1CCCc2c1cnn2C. The van der Waals surface area contributed by atoms with Crippen LogP contribution in [-0.4, -0.2) is 27.6 Å². The van der Waals surface area contributed by atoms with Gasteiger partial charge in [0.25, 0.3) is 5.91 Å². The molecule has 7 heteroatoms. The second-order valence-electron chi connectivity index (χ2n) is 6.30. The number of carbonyl (C=O) groups is 2. The van der Waals surface area contributed by atoms with Gasteiger partial charge in [-0.15, -0.1) is 0 Å². The molecule has 2 amide bonds. The number of carbonyl (C=O) groups excluding carboxylic acids is 2. The first-order chi connectivity index (χ1) is 12.0. The highest BCUT2D eigenvalue weighted by Crippen LogP contribution is 2.29. The molecule has 0 saturated carbocycles. The number of nitrogens with one attached hydrogen (secondary N) is 2. The van der Waals surface area contributed by atoms with Gasteiger partial charge in [-0.2, -0.15) is 5.10 Å². The van der Waals surface area contributed by atoms with Crippen LogP contribution in [0.4, 0.5) is 0 Å². The van der Waals surface area contributed by atoms with Crippen LogP contribution in [0, 0.1) is 0 Å². The molecule has 1 aromatic carbocycles. The van der Waals surface area contributed by atoms with Crippen molar-refractivity contribution in [2.45, 2.75) is 38.3 Å². The molecule has 6 nitrogen and oxygen atoms in total. The van der Waals surface area contributed by atoms with E-state index in [0.29, 0.717) is 10.6 Å². The summed E-state index contributed by atoms with van der Waals surface area (Å²) in [6, 6.07) is 6.04. The number of hydrogen-bond acceptors (Lipinski definition) is 3. The summed E-state index contributed by atoms with van der Waals surface area (Å²) in [6.07, 6.45) is 4.65.